The summed E-state index contributed by atoms with van der Waals surface area (Å²) in [5, 5.41) is 1.48. The predicted octanol–water partition coefficient (Wildman–Crippen LogP) is 8.17. The minimum Gasteiger partial charge on any atom is -0.493 e. The van der Waals surface area contributed by atoms with Crippen LogP contribution in [-0.4, -0.2) is 140 Å². The van der Waals surface area contributed by atoms with Crippen molar-refractivity contribution in [2.75, 3.05) is 107 Å². The third-order valence-corrected chi connectivity index (χ3v) is 18.1. The highest BCUT2D eigenvalue weighted by molar-refractivity contribution is 8.77. The summed E-state index contributed by atoms with van der Waals surface area (Å²) in [6, 6.07) is 28.4. The van der Waals surface area contributed by atoms with Crippen molar-refractivity contribution in [1.82, 2.24) is 0 Å². The number of methoxy groups -OCH3 is 3. The van der Waals surface area contributed by atoms with Gasteiger partial charge in [-0.1, -0.05) is 58.0 Å². The van der Waals surface area contributed by atoms with Crippen molar-refractivity contribution >= 4 is 84.1 Å². The van der Waals surface area contributed by atoms with Crippen LogP contribution in [0.4, 0.5) is 28.4 Å². The first-order chi connectivity index (χ1) is 38.0. The number of primary amides is 1. The van der Waals surface area contributed by atoms with E-state index in [4.69, 9.17) is 43.9 Å². The van der Waals surface area contributed by atoms with Gasteiger partial charge in [-0.15, -0.1) is 0 Å². The fourth-order valence-electron chi connectivity index (χ4n) is 9.73. The molecule has 0 bridgehead atoms. The number of hydrogen-bond donors (Lipinski definition) is 3. The molecule has 0 spiro atoms. The van der Waals surface area contributed by atoms with Gasteiger partial charge in [0.25, 0.3) is 21.9 Å². The maximum Gasteiger partial charge on any atom is 0.276 e. The number of carbonyl (C=O) groups is 3. The highest BCUT2D eigenvalue weighted by Crippen LogP contribution is 2.43. The number of nitrogens with zero attached hydrogens (tertiary/aromatic N) is 4. The summed E-state index contributed by atoms with van der Waals surface area (Å²) < 4.78 is 74.7. The van der Waals surface area contributed by atoms with Crippen molar-refractivity contribution in [2.45, 2.75) is 62.4 Å². The zero-order valence-corrected chi connectivity index (χ0v) is 47.7. The van der Waals surface area contributed by atoms with E-state index in [0.29, 0.717) is 105 Å². The average molecular weight is 1140 g/mol. The van der Waals surface area contributed by atoms with Gasteiger partial charge in [0.15, 0.2) is 28.2 Å². The molecule has 79 heavy (non-hydrogen) atoms. The van der Waals surface area contributed by atoms with Crippen LogP contribution in [-0.2, 0) is 55.2 Å². The summed E-state index contributed by atoms with van der Waals surface area (Å²) in [4.78, 5) is 50.8. The lowest BCUT2D eigenvalue weighted by molar-refractivity contribution is -0.117. The smallest absolute Gasteiger partial charge is 0.276 e. The largest absolute Gasteiger partial charge is 0.493 e. The number of nitrogens with two attached hydrogens (primary N) is 1. The molecule has 5 aromatic carbocycles. The van der Waals surface area contributed by atoms with Crippen molar-refractivity contribution in [2.24, 2.45) is 10.7 Å². The van der Waals surface area contributed by atoms with Gasteiger partial charge in [-0.25, -0.2) is 0 Å². The number of hydrogen-bond acceptors (Lipinski definition) is 17. The van der Waals surface area contributed by atoms with Crippen LogP contribution in [0.3, 0.4) is 0 Å². The molecule has 0 radical (unpaired) electrons. The van der Waals surface area contributed by atoms with Crippen LogP contribution >= 0.6 is 21.6 Å². The Hall–Kier alpha value is -6.53. The van der Waals surface area contributed by atoms with Crippen LogP contribution in [0.1, 0.15) is 63.2 Å². The molecular weight excluding hydrogens is 1070 g/mol. The van der Waals surface area contributed by atoms with Crippen molar-refractivity contribution in [3.05, 3.63) is 124 Å². The SMILES string of the molecule is CNc1cc(OCc2cc(COc3cc4c(cc3OC)C(=O)N3c5ccccc5C[C@H]3C=N4)cc(N(CCOCCOCCOC)CC(C)(C)SSCCC(C(N)=O)S(=O)(=O)O)c2)c(OC)cc1C(=O)N1CCc2ccccc21. The molecule has 0 aromatic heterocycles. The Bertz CT molecular complexity index is 3140. The minimum atomic E-state index is -4.67. The van der Waals surface area contributed by atoms with Crippen LogP contribution in [0.15, 0.2) is 96.0 Å². The lowest BCUT2D eigenvalue weighted by Gasteiger charge is -2.34. The number of carbonyl (C=O) groups excluding carboxylic acids is 3. The van der Waals surface area contributed by atoms with Gasteiger partial charge in [0, 0.05) is 86.1 Å². The average Bonchev–Trinajstić information content (AvgIpc) is 4.27. The zero-order chi connectivity index (χ0) is 56.3. The minimum absolute atomic E-state index is 0.0609. The van der Waals surface area contributed by atoms with Crippen molar-refractivity contribution in [3.8, 4) is 23.0 Å². The molecule has 3 aliphatic rings. The monoisotopic (exact) mass is 1140 g/mol. The van der Waals surface area contributed by atoms with Gasteiger partial charge in [0.1, 0.15) is 13.2 Å². The molecule has 2 atom stereocenters. The van der Waals surface area contributed by atoms with Gasteiger partial charge < -0.3 is 54.0 Å². The Balaban J connectivity index is 1.09. The molecule has 0 saturated carbocycles. The molecule has 1 unspecified atom stereocenters. The van der Waals surface area contributed by atoms with E-state index in [0.717, 1.165) is 45.7 Å². The van der Waals surface area contributed by atoms with Crippen LogP contribution in [0.5, 0.6) is 23.0 Å². The van der Waals surface area contributed by atoms with E-state index in [1.165, 1.54) is 35.8 Å². The normalized spacial score (nSPS) is 14.9. The van der Waals surface area contributed by atoms with Crippen LogP contribution in [0.25, 0.3) is 0 Å². The number of nitrogens with one attached hydrogen (secondary N) is 1. The highest BCUT2D eigenvalue weighted by atomic mass is 33.1. The molecule has 0 aliphatic carbocycles. The van der Waals surface area contributed by atoms with Crippen LogP contribution < -0.4 is 44.7 Å². The first-order valence-corrected chi connectivity index (χ1v) is 29.7. The molecule has 0 fully saturated rings. The fraction of sp³-hybridized carbons (Fsp3) is 0.404. The van der Waals surface area contributed by atoms with Crippen LogP contribution in [0.2, 0.25) is 0 Å². The van der Waals surface area contributed by atoms with Crippen LogP contribution in [0, 0.1) is 0 Å². The molecule has 4 N–H and O–H groups in total. The standard InChI is InChI=1S/C57H68N6O13S3/c1-57(2,78-77-24-16-53(54(58)64)79(67,68)69)36-61(18-19-73-22-23-74-21-20-70-4)41-26-37(34-75-51-31-45(59-3)43(29-49(51)71-5)55(65)62-17-15-39-11-7-9-13-47(39)62)25-38(27-41)35-76-52-32-46-44(30-50(52)72-6)56(66)63-42(33-60-46)28-40-12-8-10-14-48(40)63/h7-14,25-27,29-33,42,53,59H,15-24,28,34-36H2,1-6H3,(H2,58,64)(H,67,68,69)/t42-,53?/m0/s1. The Labute approximate surface area is 469 Å². The Kier molecular flexibility index (Phi) is 19.7. The summed E-state index contributed by atoms with van der Waals surface area (Å²) in [5.41, 5.74) is 13.4. The number of aliphatic imine (C=N–C) groups is 1. The van der Waals surface area contributed by atoms with E-state index in [1.54, 1.807) is 48.2 Å². The number of fused-ring (bicyclic) bond motifs is 5. The van der Waals surface area contributed by atoms with E-state index in [-0.39, 0.29) is 43.2 Å². The Morgan fingerprint density at radius 1 is 0.848 bits per heavy atom. The molecule has 3 heterocycles. The van der Waals surface area contributed by atoms with Crippen molar-refractivity contribution in [1.29, 1.82) is 0 Å². The second-order valence-electron chi connectivity index (χ2n) is 19.6. The molecular formula is C57H68N6O13S3. The Morgan fingerprint density at radius 3 is 2.16 bits per heavy atom. The number of anilines is 4. The summed E-state index contributed by atoms with van der Waals surface area (Å²) in [5.74, 6) is 0.279. The number of rotatable bonds is 29. The second kappa shape index (κ2) is 26.6. The third-order valence-electron chi connectivity index (χ3n) is 13.6. The maximum atomic E-state index is 14.2. The van der Waals surface area contributed by atoms with E-state index < -0.39 is 26.0 Å². The molecule has 5 aromatic rings. The van der Waals surface area contributed by atoms with Gasteiger partial charge in [-0.3, -0.25) is 28.8 Å². The van der Waals surface area contributed by atoms with E-state index in [2.05, 4.69) is 24.1 Å². The summed E-state index contributed by atoms with van der Waals surface area (Å²) in [6.45, 7) is 7.66. The van der Waals surface area contributed by atoms with Gasteiger partial charge in [0.2, 0.25) is 5.91 Å². The molecule has 422 valence electrons. The molecule has 3 amide bonds. The van der Waals surface area contributed by atoms with Gasteiger partial charge in [-0.2, -0.15) is 8.42 Å². The topological polar surface area (TPSA) is 230 Å². The number of ether oxygens (including phenoxy) is 7. The molecule has 0 saturated heterocycles. The lowest BCUT2D eigenvalue weighted by Crippen LogP contribution is -2.39. The molecule has 19 nitrogen and oxygen atoms in total. The zero-order valence-electron chi connectivity index (χ0n) is 45.2. The number of para-hydroxylation sites is 2. The Morgan fingerprint density at radius 2 is 1.49 bits per heavy atom. The van der Waals surface area contributed by atoms with E-state index >= 15 is 0 Å². The van der Waals surface area contributed by atoms with Crippen molar-refractivity contribution in [3.63, 3.8) is 0 Å². The summed E-state index contributed by atoms with van der Waals surface area (Å²) in [7, 11) is 4.63. The fourth-order valence-corrected chi connectivity index (χ4v) is 13.2. The third kappa shape index (κ3) is 14.5. The van der Waals surface area contributed by atoms with Gasteiger partial charge >= 0.3 is 0 Å². The summed E-state index contributed by atoms with van der Waals surface area (Å²) in [6.07, 6.45) is 3.06. The summed E-state index contributed by atoms with van der Waals surface area (Å²) >= 11 is 0. The van der Waals surface area contributed by atoms with Gasteiger partial charge in [-0.05, 0) is 91.4 Å². The van der Waals surface area contributed by atoms with Crippen molar-refractivity contribution < 1.29 is 60.5 Å². The first-order valence-electron chi connectivity index (χ1n) is 25.8. The predicted molar refractivity (Wildman–Crippen MR) is 310 cm³/mol. The number of benzene rings is 5. The van der Waals surface area contributed by atoms with E-state index in [9.17, 15) is 27.4 Å². The first kappa shape index (κ1) is 58.6. The number of amides is 3. The maximum absolute atomic E-state index is 14.2. The second-order valence-corrected chi connectivity index (χ2v) is 24.3. The molecule has 3 aliphatic heterocycles. The molecule has 22 heteroatoms. The van der Waals surface area contributed by atoms with Gasteiger partial charge in [0.05, 0.1) is 75.8 Å². The lowest BCUT2D eigenvalue weighted by atomic mass is 10.1. The molecule has 8 rings (SSSR count). The van der Waals surface area contributed by atoms with E-state index in [1.807, 2.05) is 72.9 Å². The highest BCUT2D eigenvalue weighted by Gasteiger charge is 2.37. The quantitative estimate of drug-likeness (QED) is 0.0233.